The van der Waals surface area contributed by atoms with E-state index in [0.29, 0.717) is 17.1 Å². The maximum absolute atomic E-state index is 13.0. The van der Waals surface area contributed by atoms with Gasteiger partial charge in [0.1, 0.15) is 17.3 Å². The highest BCUT2D eigenvalue weighted by atomic mass is 79.9. The van der Waals surface area contributed by atoms with E-state index in [-0.39, 0.29) is 5.82 Å². The molecule has 5 heteroatoms. The lowest BCUT2D eigenvalue weighted by molar-refractivity contribution is 0.480. The van der Waals surface area contributed by atoms with Crippen LogP contribution in [-0.2, 0) is 0 Å². The molecule has 0 fully saturated rings. The van der Waals surface area contributed by atoms with Crippen molar-refractivity contribution in [2.75, 3.05) is 0 Å². The molecule has 0 aliphatic rings. The summed E-state index contributed by atoms with van der Waals surface area (Å²) in [5.74, 6) is 0.940. The van der Waals surface area contributed by atoms with E-state index in [0.717, 1.165) is 21.1 Å². The van der Waals surface area contributed by atoms with E-state index in [1.807, 2.05) is 47.2 Å². The van der Waals surface area contributed by atoms with Crippen molar-refractivity contribution in [1.29, 1.82) is 5.26 Å². The average molecular weight is 407 g/mol. The maximum atomic E-state index is 13.0. The predicted octanol–water partition coefficient (Wildman–Crippen LogP) is 6.20. The minimum atomic E-state index is -0.297. The Morgan fingerprint density at radius 3 is 2.23 bits per heavy atom. The summed E-state index contributed by atoms with van der Waals surface area (Å²) < 4.78 is 21.6. The SMILES string of the molecule is N#Cc1cccc2c1c(Br)cn2-c1ccc(Oc2ccc(F)cc2)cc1. The van der Waals surface area contributed by atoms with Crippen LogP contribution in [0.5, 0.6) is 11.5 Å². The second kappa shape index (κ2) is 6.66. The molecule has 0 N–H and O–H groups in total. The van der Waals surface area contributed by atoms with Gasteiger partial charge in [0.2, 0.25) is 0 Å². The third-order valence-electron chi connectivity index (χ3n) is 4.07. The number of nitrogens with zero attached hydrogens (tertiary/aromatic N) is 2. The Kier molecular flexibility index (Phi) is 4.19. The van der Waals surface area contributed by atoms with Gasteiger partial charge in [-0.05, 0) is 76.6 Å². The van der Waals surface area contributed by atoms with E-state index in [1.165, 1.54) is 12.1 Å². The fourth-order valence-electron chi connectivity index (χ4n) is 2.86. The van der Waals surface area contributed by atoms with Gasteiger partial charge in [-0.2, -0.15) is 5.26 Å². The van der Waals surface area contributed by atoms with E-state index in [1.54, 1.807) is 18.2 Å². The Morgan fingerprint density at radius 2 is 1.58 bits per heavy atom. The lowest BCUT2D eigenvalue weighted by Gasteiger charge is -2.09. The van der Waals surface area contributed by atoms with Gasteiger partial charge in [0, 0.05) is 21.7 Å². The molecule has 0 amide bonds. The highest BCUT2D eigenvalue weighted by molar-refractivity contribution is 9.10. The van der Waals surface area contributed by atoms with Gasteiger partial charge in [-0.3, -0.25) is 0 Å². The Labute approximate surface area is 158 Å². The second-order valence-electron chi connectivity index (χ2n) is 5.71. The van der Waals surface area contributed by atoms with Crippen molar-refractivity contribution < 1.29 is 9.13 Å². The minimum absolute atomic E-state index is 0.297. The molecule has 0 spiro atoms. The van der Waals surface area contributed by atoms with Crippen LogP contribution >= 0.6 is 15.9 Å². The molecular weight excluding hydrogens is 395 g/mol. The second-order valence-corrected chi connectivity index (χ2v) is 6.56. The summed E-state index contributed by atoms with van der Waals surface area (Å²) in [6, 6.07) is 21.3. The zero-order valence-corrected chi connectivity index (χ0v) is 15.1. The van der Waals surface area contributed by atoms with Crippen LogP contribution in [0.3, 0.4) is 0 Å². The average Bonchev–Trinajstić information content (AvgIpc) is 3.01. The van der Waals surface area contributed by atoms with Crippen LogP contribution < -0.4 is 4.74 Å². The van der Waals surface area contributed by atoms with Crippen LogP contribution in [0.25, 0.3) is 16.6 Å². The number of nitriles is 1. The number of benzene rings is 3. The number of aromatic nitrogens is 1. The summed E-state index contributed by atoms with van der Waals surface area (Å²) in [5, 5.41) is 10.2. The van der Waals surface area contributed by atoms with Crippen molar-refractivity contribution in [3.63, 3.8) is 0 Å². The third kappa shape index (κ3) is 2.96. The molecule has 0 bridgehead atoms. The normalized spacial score (nSPS) is 10.7. The van der Waals surface area contributed by atoms with Gasteiger partial charge in [-0.1, -0.05) is 6.07 Å². The lowest BCUT2D eigenvalue weighted by atomic mass is 10.1. The number of fused-ring (bicyclic) bond motifs is 1. The molecule has 1 heterocycles. The molecule has 4 rings (SSSR count). The summed E-state index contributed by atoms with van der Waals surface area (Å²) in [6.07, 6.45) is 1.95. The zero-order valence-electron chi connectivity index (χ0n) is 13.5. The van der Waals surface area contributed by atoms with E-state index >= 15 is 0 Å². The number of ether oxygens (including phenoxy) is 1. The smallest absolute Gasteiger partial charge is 0.127 e. The first-order valence-corrected chi connectivity index (χ1v) is 8.68. The Balaban J connectivity index is 1.68. The predicted molar refractivity (Wildman–Crippen MR) is 102 cm³/mol. The number of hydrogen-bond acceptors (Lipinski definition) is 2. The minimum Gasteiger partial charge on any atom is -0.457 e. The topological polar surface area (TPSA) is 38.0 Å². The fourth-order valence-corrected chi connectivity index (χ4v) is 3.48. The molecule has 1 aromatic heterocycles. The van der Waals surface area contributed by atoms with E-state index in [9.17, 15) is 9.65 Å². The molecule has 0 unspecified atom stereocenters. The highest BCUT2D eigenvalue weighted by Gasteiger charge is 2.11. The number of rotatable bonds is 3. The van der Waals surface area contributed by atoms with Crippen molar-refractivity contribution in [2.24, 2.45) is 0 Å². The molecule has 26 heavy (non-hydrogen) atoms. The van der Waals surface area contributed by atoms with Crippen LogP contribution in [0, 0.1) is 17.1 Å². The summed E-state index contributed by atoms with van der Waals surface area (Å²) in [5.41, 5.74) is 2.52. The van der Waals surface area contributed by atoms with E-state index in [2.05, 4.69) is 22.0 Å². The molecule has 126 valence electrons. The largest absolute Gasteiger partial charge is 0.457 e. The van der Waals surface area contributed by atoms with Gasteiger partial charge in [-0.25, -0.2) is 4.39 Å². The molecule has 0 radical (unpaired) electrons. The lowest BCUT2D eigenvalue weighted by Crippen LogP contribution is -1.92. The van der Waals surface area contributed by atoms with Gasteiger partial charge in [-0.15, -0.1) is 0 Å². The molecule has 0 aliphatic carbocycles. The Bertz CT molecular complexity index is 1130. The molecule has 4 aromatic rings. The van der Waals surface area contributed by atoms with Crippen LogP contribution in [0.15, 0.2) is 77.4 Å². The molecule has 3 nitrogen and oxygen atoms in total. The molecule has 0 saturated carbocycles. The summed E-state index contributed by atoms with van der Waals surface area (Å²) in [7, 11) is 0. The molecule has 3 aromatic carbocycles. The fraction of sp³-hybridized carbons (Fsp3) is 0. The van der Waals surface area contributed by atoms with E-state index < -0.39 is 0 Å². The first kappa shape index (κ1) is 16.4. The van der Waals surface area contributed by atoms with Gasteiger partial charge >= 0.3 is 0 Å². The molecule has 0 atom stereocenters. The number of halogens is 2. The Morgan fingerprint density at radius 1 is 0.923 bits per heavy atom. The van der Waals surface area contributed by atoms with Crippen molar-refractivity contribution in [1.82, 2.24) is 4.57 Å². The van der Waals surface area contributed by atoms with Crippen LogP contribution in [-0.4, -0.2) is 4.57 Å². The first-order valence-electron chi connectivity index (χ1n) is 7.89. The van der Waals surface area contributed by atoms with Gasteiger partial charge in [0.15, 0.2) is 0 Å². The van der Waals surface area contributed by atoms with Crippen molar-refractivity contribution in [3.8, 4) is 23.3 Å². The van der Waals surface area contributed by atoms with Gasteiger partial charge < -0.3 is 9.30 Å². The van der Waals surface area contributed by atoms with Crippen LogP contribution in [0.4, 0.5) is 4.39 Å². The standard InChI is InChI=1S/C21H12BrFN2O/c22-19-13-25(20-3-1-2-14(12-24)21(19)20)16-6-10-18(11-7-16)26-17-8-4-15(23)5-9-17/h1-11,13H. The third-order valence-corrected chi connectivity index (χ3v) is 4.67. The van der Waals surface area contributed by atoms with Crippen LogP contribution in [0.1, 0.15) is 5.56 Å². The highest BCUT2D eigenvalue weighted by Crippen LogP contribution is 2.32. The maximum Gasteiger partial charge on any atom is 0.127 e. The zero-order chi connectivity index (χ0) is 18.1. The van der Waals surface area contributed by atoms with Crippen LogP contribution in [0.2, 0.25) is 0 Å². The Hall–Kier alpha value is -3.10. The van der Waals surface area contributed by atoms with Crippen molar-refractivity contribution in [3.05, 3.63) is 88.8 Å². The summed E-state index contributed by atoms with van der Waals surface area (Å²) in [4.78, 5) is 0. The first-order chi connectivity index (χ1) is 12.7. The summed E-state index contributed by atoms with van der Waals surface area (Å²) in [6.45, 7) is 0. The van der Waals surface area contributed by atoms with Gasteiger partial charge in [0.05, 0.1) is 17.1 Å². The molecular formula is C21H12BrFN2O. The molecule has 0 aliphatic heterocycles. The van der Waals surface area contributed by atoms with Crippen molar-refractivity contribution in [2.45, 2.75) is 0 Å². The summed E-state index contributed by atoms with van der Waals surface area (Å²) >= 11 is 3.54. The van der Waals surface area contributed by atoms with Gasteiger partial charge in [0.25, 0.3) is 0 Å². The molecule has 0 saturated heterocycles. The monoisotopic (exact) mass is 406 g/mol. The van der Waals surface area contributed by atoms with Crippen molar-refractivity contribution >= 4 is 26.8 Å². The quantitative estimate of drug-likeness (QED) is 0.406. The number of hydrogen-bond donors (Lipinski definition) is 0. The van der Waals surface area contributed by atoms with E-state index in [4.69, 9.17) is 4.74 Å².